The van der Waals surface area contributed by atoms with Crippen LogP contribution in [0, 0.1) is 6.92 Å². The third-order valence-electron chi connectivity index (χ3n) is 2.61. The van der Waals surface area contributed by atoms with E-state index < -0.39 is 0 Å². The monoisotopic (exact) mass is 239 g/mol. The van der Waals surface area contributed by atoms with E-state index in [-0.39, 0.29) is 11.9 Å². The fraction of sp³-hybridized carbons (Fsp3) is 0.455. The molecule has 2 N–H and O–H groups in total. The molecule has 2 rings (SSSR count). The number of aryl methyl sites for hydroxylation is 1. The van der Waals surface area contributed by atoms with Gasteiger partial charge in [-0.05, 0) is 37.9 Å². The number of rotatable bonds is 2. The lowest BCUT2D eigenvalue weighted by atomic mass is 10.2. The lowest BCUT2D eigenvalue weighted by Gasteiger charge is -2.12. The number of carbonyl (C=O) groups is 1. The van der Waals surface area contributed by atoms with Crippen LogP contribution in [0.3, 0.4) is 0 Å². The maximum atomic E-state index is 11.8. The normalized spacial score (nSPS) is 19.8. The predicted octanol–water partition coefficient (Wildman–Crippen LogP) is 1.73. The zero-order valence-electron chi connectivity index (χ0n) is 9.09. The van der Waals surface area contributed by atoms with Crippen molar-refractivity contribution in [1.82, 2.24) is 10.3 Å². The van der Waals surface area contributed by atoms with E-state index in [1.807, 2.05) is 13.0 Å². The molecule has 2 heterocycles. The summed E-state index contributed by atoms with van der Waals surface area (Å²) in [6.07, 6.45) is 3.59. The summed E-state index contributed by atoms with van der Waals surface area (Å²) in [5.74, 6) is -0.0354. The molecule has 0 saturated carbocycles. The Hall–Kier alpha value is -1.13. The Labute approximate surface area is 99.4 Å². The van der Waals surface area contributed by atoms with Crippen LogP contribution in [0.4, 0.5) is 5.69 Å². The van der Waals surface area contributed by atoms with Gasteiger partial charge in [0.15, 0.2) is 5.15 Å². The van der Waals surface area contributed by atoms with Crippen molar-refractivity contribution >= 4 is 23.2 Å². The summed E-state index contributed by atoms with van der Waals surface area (Å²) in [7, 11) is 0. The molecule has 1 aliphatic heterocycles. The highest BCUT2D eigenvalue weighted by Gasteiger charge is 2.22. The molecule has 1 aromatic heterocycles. The highest BCUT2D eigenvalue weighted by molar-refractivity contribution is 6.32. The summed E-state index contributed by atoms with van der Waals surface area (Å²) in [4.78, 5) is 15.8. The van der Waals surface area contributed by atoms with Gasteiger partial charge in [-0.25, -0.2) is 4.98 Å². The molecule has 1 atom stereocenters. The smallest absolute Gasteiger partial charge is 0.241 e. The number of anilines is 1. The van der Waals surface area contributed by atoms with E-state index in [9.17, 15) is 4.79 Å². The average molecular weight is 240 g/mol. The van der Waals surface area contributed by atoms with E-state index in [0.29, 0.717) is 10.8 Å². The first-order valence-electron chi connectivity index (χ1n) is 5.33. The minimum Gasteiger partial charge on any atom is -0.322 e. The maximum absolute atomic E-state index is 11.8. The number of amides is 1. The van der Waals surface area contributed by atoms with E-state index in [4.69, 9.17) is 11.6 Å². The van der Waals surface area contributed by atoms with Crippen LogP contribution >= 0.6 is 11.6 Å². The van der Waals surface area contributed by atoms with Gasteiger partial charge in [0, 0.05) is 6.20 Å². The first-order valence-corrected chi connectivity index (χ1v) is 5.71. The van der Waals surface area contributed by atoms with Crippen molar-refractivity contribution < 1.29 is 4.79 Å². The molecule has 0 aromatic carbocycles. The number of pyridine rings is 1. The van der Waals surface area contributed by atoms with Crippen molar-refractivity contribution in [2.45, 2.75) is 25.8 Å². The zero-order chi connectivity index (χ0) is 11.5. The molecule has 1 saturated heterocycles. The summed E-state index contributed by atoms with van der Waals surface area (Å²) < 4.78 is 0. The number of nitrogens with zero attached hydrogens (tertiary/aromatic N) is 1. The molecule has 1 aromatic rings. The summed E-state index contributed by atoms with van der Waals surface area (Å²) in [6.45, 7) is 2.81. The van der Waals surface area contributed by atoms with Crippen LogP contribution in [-0.2, 0) is 4.79 Å². The molecule has 86 valence electrons. The highest BCUT2D eigenvalue weighted by Crippen LogP contribution is 2.20. The molecule has 0 aliphatic carbocycles. The van der Waals surface area contributed by atoms with Gasteiger partial charge in [-0.1, -0.05) is 11.6 Å². The fourth-order valence-corrected chi connectivity index (χ4v) is 1.92. The van der Waals surface area contributed by atoms with Crippen molar-refractivity contribution in [3.63, 3.8) is 0 Å². The molecule has 4 nitrogen and oxygen atoms in total. The summed E-state index contributed by atoms with van der Waals surface area (Å²) >= 11 is 5.90. The van der Waals surface area contributed by atoms with Crippen LogP contribution in [0.15, 0.2) is 12.3 Å². The molecule has 5 heteroatoms. The molecule has 1 fully saturated rings. The molecule has 1 aliphatic rings. The van der Waals surface area contributed by atoms with E-state index >= 15 is 0 Å². The maximum Gasteiger partial charge on any atom is 0.241 e. The third-order valence-corrected chi connectivity index (χ3v) is 2.91. The second-order valence-corrected chi connectivity index (χ2v) is 4.35. The summed E-state index contributed by atoms with van der Waals surface area (Å²) in [5.41, 5.74) is 1.56. The number of nitrogens with one attached hydrogen (secondary N) is 2. The van der Waals surface area contributed by atoms with Gasteiger partial charge in [-0.15, -0.1) is 0 Å². The van der Waals surface area contributed by atoms with Gasteiger partial charge in [0.25, 0.3) is 0 Å². The van der Waals surface area contributed by atoms with Gasteiger partial charge in [-0.2, -0.15) is 0 Å². The quantitative estimate of drug-likeness (QED) is 0.773. The number of halogens is 1. The first kappa shape index (κ1) is 11.4. The van der Waals surface area contributed by atoms with E-state index in [1.165, 1.54) is 0 Å². The van der Waals surface area contributed by atoms with Crippen LogP contribution in [-0.4, -0.2) is 23.5 Å². The topological polar surface area (TPSA) is 54.0 Å². The summed E-state index contributed by atoms with van der Waals surface area (Å²) in [5, 5.41) is 6.26. The third kappa shape index (κ3) is 2.51. The van der Waals surface area contributed by atoms with Crippen molar-refractivity contribution in [1.29, 1.82) is 0 Å². The van der Waals surface area contributed by atoms with Crippen LogP contribution in [0.2, 0.25) is 5.15 Å². The van der Waals surface area contributed by atoms with Crippen molar-refractivity contribution in [2.75, 3.05) is 11.9 Å². The van der Waals surface area contributed by atoms with Crippen molar-refractivity contribution in [3.05, 3.63) is 23.0 Å². The van der Waals surface area contributed by atoms with Gasteiger partial charge in [0.1, 0.15) is 0 Å². The average Bonchev–Trinajstić information content (AvgIpc) is 2.76. The molecular weight excluding hydrogens is 226 g/mol. The highest BCUT2D eigenvalue weighted by atomic mass is 35.5. The molecule has 16 heavy (non-hydrogen) atoms. The van der Waals surface area contributed by atoms with E-state index in [1.54, 1.807) is 6.20 Å². The predicted molar refractivity (Wildman–Crippen MR) is 63.6 cm³/mol. The van der Waals surface area contributed by atoms with Crippen molar-refractivity contribution in [2.24, 2.45) is 0 Å². The first-order chi connectivity index (χ1) is 7.66. The number of aromatic nitrogens is 1. The van der Waals surface area contributed by atoms with Gasteiger partial charge in [0.05, 0.1) is 11.7 Å². The number of hydrogen-bond donors (Lipinski definition) is 2. The Morgan fingerprint density at radius 1 is 1.69 bits per heavy atom. The lowest BCUT2D eigenvalue weighted by Crippen LogP contribution is -2.35. The van der Waals surface area contributed by atoms with E-state index in [0.717, 1.165) is 24.9 Å². The van der Waals surface area contributed by atoms with Crippen LogP contribution in [0.5, 0.6) is 0 Å². The summed E-state index contributed by atoms with van der Waals surface area (Å²) in [6, 6.07) is 1.72. The Bertz CT molecular complexity index is 402. The van der Waals surface area contributed by atoms with Crippen LogP contribution in [0.25, 0.3) is 0 Å². The molecule has 1 unspecified atom stereocenters. The number of carbonyl (C=O) groups excluding carboxylic acids is 1. The molecule has 1 amide bonds. The molecule has 0 radical (unpaired) electrons. The van der Waals surface area contributed by atoms with Crippen LogP contribution in [0.1, 0.15) is 18.4 Å². The Kier molecular flexibility index (Phi) is 3.41. The Morgan fingerprint density at radius 2 is 2.50 bits per heavy atom. The lowest BCUT2D eigenvalue weighted by molar-refractivity contribution is -0.117. The molecule has 0 spiro atoms. The number of hydrogen-bond acceptors (Lipinski definition) is 3. The zero-order valence-corrected chi connectivity index (χ0v) is 9.84. The molecule has 0 bridgehead atoms. The second-order valence-electron chi connectivity index (χ2n) is 3.99. The SMILES string of the molecule is Cc1cnc(Cl)c(NC(=O)C2CCCN2)c1. The standard InChI is InChI=1S/C11H14ClN3O/c1-7-5-9(10(12)14-6-7)15-11(16)8-3-2-4-13-8/h5-6,8,13H,2-4H2,1H3,(H,15,16). The minimum atomic E-state index is -0.100. The van der Waals surface area contributed by atoms with Gasteiger partial charge < -0.3 is 10.6 Å². The van der Waals surface area contributed by atoms with Gasteiger partial charge >= 0.3 is 0 Å². The largest absolute Gasteiger partial charge is 0.322 e. The van der Waals surface area contributed by atoms with Crippen LogP contribution < -0.4 is 10.6 Å². The Morgan fingerprint density at radius 3 is 3.19 bits per heavy atom. The Balaban J connectivity index is 2.07. The molecular formula is C11H14ClN3O. The van der Waals surface area contributed by atoms with Crippen molar-refractivity contribution in [3.8, 4) is 0 Å². The fourth-order valence-electron chi connectivity index (χ4n) is 1.77. The van der Waals surface area contributed by atoms with E-state index in [2.05, 4.69) is 15.6 Å². The van der Waals surface area contributed by atoms with Gasteiger partial charge in [0.2, 0.25) is 5.91 Å². The van der Waals surface area contributed by atoms with Gasteiger partial charge in [-0.3, -0.25) is 4.79 Å². The second kappa shape index (κ2) is 4.80. The minimum absolute atomic E-state index is 0.0354.